The number of hydrogen-bond donors (Lipinski definition) is 1. The molecule has 6 nitrogen and oxygen atoms in total. The molecule has 0 radical (unpaired) electrons. The van der Waals surface area contributed by atoms with E-state index in [1.54, 1.807) is 20.8 Å². The average Bonchev–Trinajstić information content (AvgIpc) is 2.85. The molecule has 0 saturated carbocycles. The third-order valence-corrected chi connectivity index (χ3v) is 5.18. The Morgan fingerprint density at radius 3 is 2.74 bits per heavy atom. The van der Waals surface area contributed by atoms with Crippen molar-refractivity contribution < 1.29 is 38.2 Å². The Labute approximate surface area is 207 Å². The minimum atomic E-state index is -3.31. The van der Waals surface area contributed by atoms with Gasteiger partial charge in [0.05, 0.1) is 19.7 Å². The highest BCUT2D eigenvalue weighted by atomic mass is 16.5. The first-order valence-corrected chi connectivity index (χ1v) is 9.95. The molecule has 0 aliphatic carbocycles. The van der Waals surface area contributed by atoms with Crippen molar-refractivity contribution in [3.05, 3.63) is 23.2 Å². The molecule has 2 heterocycles. The van der Waals surface area contributed by atoms with Crippen molar-refractivity contribution in [1.29, 1.82) is 0 Å². The lowest BCUT2D eigenvalue weighted by molar-refractivity contribution is -0.161. The van der Waals surface area contributed by atoms with E-state index in [-0.39, 0.29) is 0 Å². The highest BCUT2D eigenvalue weighted by Gasteiger charge is 2.42. The lowest BCUT2D eigenvalue weighted by Crippen LogP contribution is -2.51. The van der Waals surface area contributed by atoms with Crippen molar-refractivity contribution in [3.8, 4) is 11.5 Å². The Balaban J connectivity index is 2.46. The molecule has 5 atom stereocenters. The number of fused-ring (bicyclic) bond motifs is 3. The van der Waals surface area contributed by atoms with Crippen LogP contribution >= 0.6 is 0 Å². The highest BCUT2D eigenvalue weighted by molar-refractivity contribution is 5.76. The Morgan fingerprint density at radius 2 is 2.13 bits per heavy atom. The molecule has 3 rings (SSSR count). The lowest BCUT2D eigenvalue weighted by atomic mass is 9.79. The summed E-state index contributed by atoms with van der Waals surface area (Å²) in [6.45, 7) is -2.15. The minimum Gasteiger partial charge on any atom is -0.493 e. The number of benzene rings is 1. The van der Waals surface area contributed by atoms with Gasteiger partial charge in [0.25, 0.3) is 0 Å². The van der Waals surface area contributed by atoms with Crippen LogP contribution in [-0.4, -0.2) is 50.3 Å². The van der Waals surface area contributed by atoms with E-state index in [4.69, 9.17) is 36.4 Å². The molecule has 0 amide bonds. The predicted octanol–water partition coefficient (Wildman–Crippen LogP) is 3.95. The van der Waals surface area contributed by atoms with E-state index < -0.39 is 115 Å². The third-order valence-electron chi connectivity index (χ3n) is 5.18. The van der Waals surface area contributed by atoms with Gasteiger partial charge in [0.15, 0.2) is 11.5 Å². The summed E-state index contributed by atoms with van der Waals surface area (Å²) in [6, 6.07) is -5.52. The maximum atomic E-state index is 13.4. The van der Waals surface area contributed by atoms with Gasteiger partial charge in [-0.3, -0.25) is 9.69 Å². The standard InChI is InChI=1S/C25H40N2O4/c1-15(2)10-17-14-27-9-8-16-11-21(29-6)22(30-7)12-18(16)19(27)13-20(17)31-24(28)23(26)25(3,4)5/h11-12,15,17,19-20,23H,8-10,13-14,26H2,1-7H3/t17?,19?,20?,23-/m1/s1/i1D3,8D2,9D2,10D2,11D,12D,15D,19D,20D/t15?,17?,19?,20?,23-. The Morgan fingerprint density at radius 1 is 1.45 bits per heavy atom. The van der Waals surface area contributed by atoms with E-state index in [0.717, 1.165) is 21.1 Å². The Kier molecular flexibility index (Phi) is 3.44. The average molecular weight is 447 g/mol. The number of nitrogens with two attached hydrogens (primary N) is 1. The van der Waals surface area contributed by atoms with Gasteiger partial charge < -0.3 is 19.9 Å². The molecule has 0 aromatic heterocycles. The normalized spacial score (nSPS) is 42.2. The van der Waals surface area contributed by atoms with E-state index in [0.29, 0.717) is 4.90 Å². The van der Waals surface area contributed by atoms with Crippen LogP contribution in [0.5, 0.6) is 11.5 Å². The van der Waals surface area contributed by atoms with Crippen molar-refractivity contribution in [1.82, 2.24) is 4.90 Å². The zero-order chi connectivity index (χ0) is 35.3. The summed E-state index contributed by atoms with van der Waals surface area (Å²) in [4.78, 5) is 13.9. The molecule has 31 heavy (non-hydrogen) atoms. The number of carbonyl (C=O) groups excluding carboxylic acids is 1. The predicted molar refractivity (Wildman–Crippen MR) is 122 cm³/mol. The number of hydrogen-bond acceptors (Lipinski definition) is 6. The van der Waals surface area contributed by atoms with Gasteiger partial charge in [-0.2, -0.15) is 0 Å². The smallest absolute Gasteiger partial charge is 0.323 e. The van der Waals surface area contributed by atoms with Crippen LogP contribution < -0.4 is 15.2 Å². The van der Waals surface area contributed by atoms with Crippen LogP contribution in [0.25, 0.3) is 0 Å². The number of methoxy groups -OCH3 is 2. The Bertz CT molecular complexity index is 1360. The number of ether oxygens (including phenoxy) is 3. The van der Waals surface area contributed by atoms with Gasteiger partial charge in [0.1, 0.15) is 12.1 Å². The monoisotopic (exact) mass is 446 g/mol. The van der Waals surface area contributed by atoms with Crippen molar-refractivity contribution >= 4 is 5.97 Å². The molecule has 174 valence electrons. The maximum absolute atomic E-state index is 13.4. The third kappa shape index (κ3) is 5.17. The number of esters is 1. The summed E-state index contributed by atoms with van der Waals surface area (Å²) in [5.74, 6) is -7.18. The van der Waals surface area contributed by atoms with Gasteiger partial charge in [0.2, 0.25) is 0 Å². The van der Waals surface area contributed by atoms with Crippen LogP contribution in [0, 0.1) is 17.2 Å². The second-order valence-electron chi connectivity index (χ2n) is 8.59. The highest BCUT2D eigenvalue weighted by Crippen LogP contribution is 2.44. The number of rotatable bonds is 6. The van der Waals surface area contributed by atoms with Crippen LogP contribution in [0.3, 0.4) is 0 Å². The molecule has 1 saturated heterocycles. The zero-order valence-corrected chi connectivity index (χ0v) is 18.7. The second-order valence-corrected chi connectivity index (χ2v) is 8.59. The van der Waals surface area contributed by atoms with Gasteiger partial charge in [-0.05, 0) is 47.3 Å². The summed E-state index contributed by atoms with van der Waals surface area (Å²) in [7, 11) is 2.26. The molecular formula is C25H40N2O4. The maximum Gasteiger partial charge on any atom is 0.323 e. The summed E-state index contributed by atoms with van der Waals surface area (Å²) in [6.07, 6.45) is -10.5. The van der Waals surface area contributed by atoms with Crippen LogP contribution in [0.15, 0.2) is 12.1 Å². The van der Waals surface area contributed by atoms with E-state index in [9.17, 15) is 7.54 Å². The summed E-state index contributed by atoms with van der Waals surface area (Å²) in [5.41, 5.74) is 3.78. The quantitative estimate of drug-likeness (QED) is 0.667. The fourth-order valence-electron chi connectivity index (χ4n) is 3.34. The van der Waals surface area contributed by atoms with E-state index in [2.05, 4.69) is 0 Å². The van der Waals surface area contributed by atoms with Gasteiger partial charge in [-0.15, -0.1) is 0 Å². The molecule has 1 aromatic rings. The largest absolute Gasteiger partial charge is 0.493 e. The fourth-order valence-corrected chi connectivity index (χ4v) is 3.34. The zero-order valence-electron chi connectivity index (χ0n) is 32.7. The van der Waals surface area contributed by atoms with Gasteiger partial charge >= 0.3 is 5.97 Å². The summed E-state index contributed by atoms with van der Waals surface area (Å²) in [5, 5.41) is 0. The topological polar surface area (TPSA) is 74.0 Å². The SMILES string of the molecule is [2H]c1c(OC)c(OC)c([2H])c2c1C1([2H])CC([2H])(OC(=O)[C@@H](N)C(C)(C)C)C(C([2H])([2H])C([2H])(C)C([2H])([2H])[2H])CN1C([2H])([2H])C2([2H])[2H]. The first-order chi connectivity index (χ1) is 19.9. The molecule has 1 aromatic carbocycles. The molecule has 0 spiro atoms. The molecule has 0 bridgehead atoms. The summed E-state index contributed by atoms with van der Waals surface area (Å²) < 4.78 is 138. The van der Waals surface area contributed by atoms with E-state index >= 15 is 0 Å². The number of nitrogens with zero attached hydrogens (tertiary/aromatic N) is 1. The fraction of sp³-hybridized carbons (Fsp3) is 0.720. The van der Waals surface area contributed by atoms with Crippen molar-refractivity contribution in [2.75, 3.05) is 27.3 Å². The van der Waals surface area contributed by atoms with Crippen molar-refractivity contribution in [2.24, 2.45) is 23.0 Å². The van der Waals surface area contributed by atoms with Crippen molar-refractivity contribution in [2.45, 2.75) is 71.9 Å². The van der Waals surface area contributed by atoms with Gasteiger partial charge in [-0.25, -0.2) is 0 Å². The minimum absolute atomic E-state index is 0.396. The number of piperidine rings is 1. The molecule has 2 aliphatic rings. The molecule has 1 fully saturated rings. The van der Waals surface area contributed by atoms with Gasteiger partial charge in [0, 0.05) is 45.1 Å². The summed E-state index contributed by atoms with van der Waals surface area (Å²) >= 11 is 0. The molecule has 2 N–H and O–H groups in total. The van der Waals surface area contributed by atoms with E-state index in [1.807, 2.05) is 0 Å². The molecular weight excluding hydrogens is 392 g/mol. The van der Waals surface area contributed by atoms with Crippen LogP contribution in [0.2, 0.25) is 0 Å². The van der Waals surface area contributed by atoms with Crippen LogP contribution in [-0.2, 0) is 15.9 Å². The van der Waals surface area contributed by atoms with Crippen LogP contribution in [0.1, 0.15) is 83.7 Å². The van der Waals surface area contributed by atoms with Crippen molar-refractivity contribution in [3.63, 3.8) is 0 Å². The number of carbonyl (C=O) groups is 1. The van der Waals surface area contributed by atoms with E-state index in [1.165, 1.54) is 0 Å². The first-order valence-electron chi connectivity index (χ1n) is 17.0. The Hall–Kier alpha value is -1.79. The van der Waals surface area contributed by atoms with Crippen LogP contribution in [0.4, 0.5) is 0 Å². The first kappa shape index (κ1) is 11.4. The molecule has 2 aliphatic heterocycles. The molecule has 4 unspecified atom stereocenters. The second kappa shape index (κ2) is 9.37. The van der Waals surface area contributed by atoms with Gasteiger partial charge in [-0.1, -0.05) is 34.5 Å². The lowest BCUT2D eigenvalue weighted by Gasteiger charge is -2.47. The molecule has 6 heteroatoms.